The molecular formula is C29H21N. The Bertz CT molecular complexity index is 1500. The Kier molecular flexibility index (Phi) is 3.92. The Morgan fingerprint density at radius 2 is 1.20 bits per heavy atom. The third kappa shape index (κ3) is 2.71. The SMILES string of the molecule is c1ccc(-n2c3ccccc3c3ccc(Cc4cccc5ccccc45)cc32)cc1. The van der Waals surface area contributed by atoms with Crippen LogP contribution in [0.4, 0.5) is 0 Å². The summed E-state index contributed by atoms with van der Waals surface area (Å²) in [6.45, 7) is 0. The molecule has 6 rings (SSSR count). The van der Waals surface area contributed by atoms with Crippen LogP contribution in [0.2, 0.25) is 0 Å². The third-order valence-electron chi connectivity index (χ3n) is 6.03. The summed E-state index contributed by atoms with van der Waals surface area (Å²) in [7, 11) is 0. The molecule has 142 valence electrons. The summed E-state index contributed by atoms with van der Waals surface area (Å²) in [6.07, 6.45) is 0.924. The first-order valence-corrected chi connectivity index (χ1v) is 10.4. The molecule has 0 saturated heterocycles. The van der Waals surface area contributed by atoms with Gasteiger partial charge in [-0.3, -0.25) is 0 Å². The zero-order chi connectivity index (χ0) is 19.9. The van der Waals surface area contributed by atoms with Crippen molar-refractivity contribution in [2.24, 2.45) is 0 Å². The van der Waals surface area contributed by atoms with Gasteiger partial charge in [0, 0.05) is 16.5 Å². The Balaban J connectivity index is 1.56. The highest BCUT2D eigenvalue weighted by Crippen LogP contribution is 2.33. The molecule has 30 heavy (non-hydrogen) atoms. The smallest absolute Gasteiger partial charge is 0.0543 e. The summed E-state index contributed by atoms with van der Waals surface area (Å²) in [5.74, 6) is 0. The maximum atomic E-state index is 2.39. The number of para-hydroxylation sites is 2. The van der Waals surface area contributed by atoms with E-state index in [9.17, 15) is 0 Å². The summed E-state index contributed by atoms with van der Waals surface area (Å²) < 4.78 is 2.39. The van der Waals surface area contributed by atoms with Crippen molar-refractivity contribution in [3.63, 3.8) is 0 Å². The molecule has 0 unspecified atom stereocenters. The molecule has 0 aliphatic heterocycles. The lowest BCUT2D eigenvalue weighted by Crippen LogP contribution is -1.95. The number of hydrogen-bond donors (Lipinski definition) is 0. The molecule has 0 amide bonds. The molecule has 6 aromatic rings. The molecule has 0 bridgehead atoms. The van der Waals surface area contributed by atoms with E-state index in [1.54, 1.807) is 0 Å². The van der Waals surface area contributed by atoms with E-state index in [1.165, 1.54) is 49.4 Å². The second kappa shape index (κ2) is 6.89. The summed E-state index contributed by atoms with van der Waals surface area (Å²) in [6, 6.07) is 41.5. The number of rotatable bonds is 3. The van der Waals surface area contributed by atoms with Crippen molar-refractivity contribution in [2.75, 3.05) is 0 Å². The van der Waals surface area contributed by atoms with Crippen molar-refractivity contribution in [2.45, 2.75) is 6.42 Å². The van der Waals surface area contributed by atoms with Crippen molar-refractivity contribution in [1.82, 2.24) is 4.57 Å². The first-order chi connectivity index (χ1) is 14.9. The van der Waals surface area contributed by atoms with Gasteiger partial charge in [0.05, 0.1) is 11.0 Å². The fourth-order valence-corrected chi connectivity index (χ4v) is 4.65. The molecule has 0 saturated carbocycles. The van der Waals surface area contributed by atoms with Crippen LogP contribution in [0.15, 0.2) is 115 Å². The van der Waals surface area contributed by atoms with Crippen LogP contribution in [-0.4, -0.2) is 4.57 Å². The zero-order valence-electron chi connectivity index (χ0n) is 16.6. The Labute approximate surface area is 175 Å². The Hall–Kier alpha value is -3.84. The molecule has 0 aliphatic rings. The summed E-state index contributed by atoms with van der Waals surface area (Å²) in [4.78, 5) is 0. The maximum absolute atomic E-state index is 2.39. The number of hydrogen-bond acceptors (Lipinski definition) is 0. The third-order valence-corrected chi connectivity index (χ3v) is 6.03. The van der Waals surface area contributed by atoms with Gasteiger partial charge in [-0.1, -0.05) is 91.0 Å². The van der Waals surface area contributed by atoms with Crippen LogP contribution in [0, 0.1) is 0 Å². The molecule has 0 aliphatic carbocycles. The fraction of sp³-hybridized carbons (Fsp3) is 0.0345. The Morgan fingerprint density at radius 1 is 0.500 bits per heavy atom. The first-order valence-electron chi connectivity index (χ1n) is 10.4. The van der Waals surface area contributed by atoms with Gasteiger partial charge in [0.25, 0.3) is 0 Å². The van der Waals surface area contributed by atoms with Crippen molar-refractivity contribution >= 4 is 32.6 Å². The summed E-state index contributed by atoms with van der Waals surface area (Å²) >= 11 is 0. The lowest BCUT2D eigenvalue weighted by atomic mass is 9.98. The van der Waals surface area contributed by atoms with Crippen molar-refractivity contribution in [3.8, 4) is 5.69 Å². The largest absolute Gasteiger partial charge is 0.309 e. The minimum Gasteiger partial charge on any atom is -0.309 e. The molecule has 1 nitrogen and oxygen atoms in total. The van der Waals surface area contributed by atoms with Gasteiger partial charge in [-0.2, -0.15) is 0 Å². The predicted octanol–water partition coefficient (Wildman–Crippen LogP) is 7.53. The van der Waals surface area contributed by atoms with E-state index in [0.717, 1.165) is 6.42 Å². The highest BCUT2D eigenvalue weighted by molar-refractivity contribution is 6.09. The van der Waals surface area contributed by atoms with E-state index in [4.69, 9.17) is 0 Å². The van der Waals surface area contributed by atoms with Crippen LogP contribution >= 0.6 is 0 Å². The van der Waals surface area contributed by atoms with Crippen LogP contribution < -0.4 is 0 Å². The molecule has 0 atom stereocenters. The van der Waals surface area contributed by atoms with Gasteiger partial charge < -0.3 is 4.57 Å². The van der Waals surface area contributed by atoms with Gasteiger partial charge in [0.1, 0.15) is 0 Å². The zero-order valence-corrected chi connectivity index (χ0v) is 16.6. The molecule has 0 fully saturated rings. The topological polar surface area (TPSA) is 4.93 Å². The van der Waals surface area contributed by atoms with Gasteiger partial charge in [-0.05, 0) is 52.6 Å². The lowest BCUT2D eigenvalue weighted by molar-refractivity contribution is 1.16. The average Bonchev–Trinajstić information content (AvgIpc) is 3.13. The van der Waals surface area contributed by atoms with E-state index in [0.29, 0.717) is 0 Å². The molecule has 1 aromatic heterocycles. The van der Waals surface area contributed by atoms with Crippen molar-refractivity contribution in [1.29, 1.82) is 0 Å². The normalized spacial score (nSPS) is 11.5. The van der Waals surface area contributed by atoms with E-state index in [1.807, 2.05) is 0 Å². The second-order valence-corrected chi connectivity index (χ2v) is 7.85. The average molecular weight is 383 g/mol. The molecular weight excluding hydrogens is 362 g/mol. The van der Waals surface area contributed by atoms with Crippen molar-refractivity contribution < 1.29 is 0 Å². The standard InChI is InChI=1S/C29H21N/c1-2-12-24(13-3-1)30-28-16-7-6-15-26(28)27-18-17-21(20-29(27)30)19-23-11-8-10-22-9-4-5-14-25(22)23/h1-18,20H,19H2. The highest BCUT2D eigenvalue weighted by Gasteiger charge is 2.12. The lowest BCUT2D eigenvalue weighted by Gasteiger charge is -2.10. The summed E-state index contributed by atoms with van der Waals surface area (Å²) in [5, 5.41) is 5.24. The number of aromatic nitrogens is 1. The van der Waals surface area contributed by atoms with Gasteiger partial charge >= 0.3 is 0 Å². The van der Waals surface area contributed by atoms with Gasteiger partial charge in [0.2, 0.25) is 0 Å². The van der Waals surface area contributed by atoms with E-state index >= 15 is 0 Å². The highest BCUT2D eigenvalue weighted by atomic mass is 15.0. The molecule has 5 aromatic carbocycles. The monoisotopic (exact) mass is 383 g/mol. The maximum Gasteiger partial charge on any atom is 0.0543 e. The minimum atomic E-state index is 0.924. The molecule has 1 heterocycles. The van der Waals surface area contributed by atoms with Gasteiger partial charge in [-0.25, -0.2) is 0 Å². The minimum absolute atomic E-state index is 0.924. The number of nitrogens with zero attached hydrogens (tertiary/aromatic N) is 1. The second-order valence-electron chi connectivity index (χ2n) is 7.85. The van der Waals surface area contributed by atoms with Gasteiger partial charge in [0.15, 0.2) is 0 Å². The van der Waals surface area contributed by atoms with Crippen LogP contribution in [0.1, 0.15) is 11.1 Å². The fourth-order valence-electron chi connectivity index (χ4n) is 4.65. The molecule has 1 heteroatoms. The number of fused-ring (bicyclic) bond motifs is 4. The predicted molar refractivity (Wildman–Crippen MR) is 128 cm³/mol. The molecule has 0 radical (unpaired) electrons. The van der Waals surface area contributed by atoms with Crippen LogP contribution in [0.25, 0.3) is 38.3 Å². The van der Waals surface area contributed by atoms with Gasteiger partial charge in [-0.15, -0.1) is 0 Å². The summed E-state index contributed by atoms with van der Waals surface area (Å²) in [5.41, 5.74) is 6.42. The quantitative estimate of drug-likeness (QED) is 0.298. The first kappa shape index (κ1) is 17.1. The molecule has 0 spiro atoms. The Morgan fingerprint density at radius 3 is 2.10 bits per heavy atom. The molecule has 0 N–H and O–H groups in total. The van der Waals surface area contributed by atoms with E-state index in [-0.39, 0.29) is 0 Å². The number of benzene rings is 5. The van der Waals surface area contributed by atoms with E-state index in [2.05, 4.69) is 120 Å². The van der Waals surface area contributed by atoms with Crippen LogP contribution in [0.3, 0.4) is 0 Å². The van der Waals surface area contributed by atoms with Crippen molar-refractivity contribution in [3.05, 3.63) is 126 Å². The van der Waals surface area contributed by atoms with E-state index < -0.39 is 0 Å². The van der Waals surface area contributed by atoms with Crippen LogP contribution in [0.5, 0.6) is 0 Å². The van der Waals surface area contributed by atoms with Crippen LogP contribution in [-0.2, 0) is 6.42 Å².